The maximum absolute atomic E-state index is 13.8. The van der Waals surface area contributed by atoms with Gasteiger partial charge in [0, 0.05) is 66.2 Å². The van der Waals surface area contributed by atoms with E-state index in [1.165, 1.54) is 42.5 Å². The average molecular weight is 583 g/mol. The zero-order valence-corrected chi connectivity index (χ0v) is 23.5. The molecule has 42 heavy (non-hydrogen) atoms. The molecule has 0 unspecified atom stereocenters. The summed E-state index contributed by atoms with van der Waals surface area (Å²) in [5.41, 5.74) is 3.72. The van der Waals surface area contributed by atoms with Crippen molar-refractivity contribution in [2.24, 2.45) is 7.05 Å². The number of sulfone groups is 1. The predicted molar refractivity (Wildman–Crippen MR) is 155 cm³/mol. The summed E-state index contributed by atoms with van der Waals surface area (Å²) in [6, 6.07) is 13.5. The zero-order chi connectivity index (χ0) is 29.5. The number of amides is 1. The Bertz CT molecular complexity index is 1860. The average Bonchev–Trinajstić information content (AvgIpc) is 3.64. The minimum Gasteiger partial charge on any atom is -0.352 e. The van der Waals surface area contributed by atoms with Gasteiger partial charge in [-0.25, -0.2) is 12.8 Å². The molecule has 5 aromatic rings. The lowest BCUT2D eigenvalue weighted by atomic mass is 10.1. The number of carbonyl (C=O) groups excluding carboxylic acids is 1. The van der Waals surface area contributed by atoms with Crippen molar-refractivity contribution in [3.8, 4) is 23.0 Å². The zero-order valence-electron chi connectivity index (χ0n) is 22.7. The van der Waals surface area contributed by atoms with Crippen LogP contribution in [-0.2, 0) is 29.1 Å². The first-order chi connectivity index (χ1) is 20.3. The first-order valence-electron chi connectivity index (χ1n) is 13.1. The summed E-state index contributed by atoms with van der Waals surface area (Å²) in [5, 5.41) is 13.9. The van der Waals surface area contributed by atoms with Gasteiger partial charge in [0.05, 0.1) is 22.5 Å². The number of nitrogens with zero attached hydrogens (tertiary/aromatic N) is 4. The lowest BCUT2D eigenvalue weighted by Gasteiger charge is -2.10. The van der Waals surface area contributed by atoms with E-state index in [9.17, 15) is 17.6 Å². The van der Waals surface area contributed by atoms with Gasteiger partial charge in [-0.05, 0) is 66.9 Å². The highest BCUT2D eigenvalue weighted by Crippen LogP contribution is 2.27. The van der Waals surface area contributed by atoms with E-state index >= 15 is 0 Å². The molecule has 0 aliphatic heterocycles. The second-order valence-corrected chi connectivity index (χ2v) is 11.6. The van der Waals surface area contributed by atoms with Gasteiger partial charge in [0.2, 0.25) is 0 Å². The van der Waals surface area contributed by atoms with E-state index in [1.54, 1.807) is 48.8 Å². The molecule has 0 aliphatic carbocycles. The highest BCUT2D eigenvalue weighted by molar-refractivity contribution is 7.90. The fourth-order valence-corrected chi connectivity index (χ4v) is 5.83. The largest absolute Gasteiger partial charge is 0.352 e. The third-order valence-electron chi connectivity index (χ3n) is 6.45. The summed E-state index contributed by atoms with van der Waals surface area (Å²) in [5.74, 6) is 4.65. The molecule has 0 saturated heterocycles. The molecule has 0 atom stereocenters. The summed E-state index contributed by atoms with van der Waals surface area (Å²) >= 11 is 0. The Labute approximate surface area is 242 Å². The smallest absolute Gasteiger partial charge is 0.251 e. The maximum Gasteiger partial charge on any atom is 0.251 e. The van der Waals surface area contributed by atoms with E-state index in [0.29, 0.717) is 29.8 Å². The maximum atomic E-state index is 13.8. The first-order valence-corrected chi connectivity index (χ1v) is 14.8. The van der Waals surface area contributed by atoms with Crippen LogP contribution in [0.4, 0.5) is 4.39 Å². The number of H-pyrrole nitrogens is 1. The Balaban J connectivity index is 1.44. The summed E-state index contributed by atoms with van der Waals surface area (Å²) in [6.45, 7) is 0.428. The van der Waals surface area contributed by atoms with Crippen LogP contribution in [0.2, 0.25) is 0 Å². The van der Waals surface area contributed by atoms with Crippen LogP contribution >= 0.6 is 0 Å². The number of aromatic nitrogens is 5. The van der Waals surface area contributed by atoms with Crippen molar-refractivity contribution in [2.75, 3.05) is 6.54 Å². The van der Waals surface area contributed by atoms with Gasteiger partial charge in [0.1, 0.15) is 5.82 Å². The van der Waals surface area contributed by atoms with Crippen molar-refractivity contribution in [3.63, 3.8) is 0 Å². The van der Waals surface area contributed by atoms with Crippen molar-refractivity contribution in [3.05, 3.63) is 119 Å². The molecule has 0 bridgehead atoms. The van der Waals surface area contributed by atoms with Crippen LogP contribution in [0.25, 0.3) is 11.1 Å². The van der Waals surface area contributed by atoms with Crippen LogP contribution in [0.3, 0.4) is 0 Å². The van der Waals surface area contributed by atoms with Crippen LogP contribution in [0.5, 0.6) is 0 Å². The Morgan fingerprint density at radius 2 is 1.93 bits per heavy atom. The van der Waals surface area contributed by atoms with Crippen molar-refractivity contribution < 1.29 is 17.6 Å². The van der Waals surface area contributed by atoms with E-state index in [-0.39, 0.29) is 27.7 Å². The van der Waals surface area contributed by atoms with Crippen LogP contribution in [-0.4, -0.2) is 45.8 Å². The van der Waals surface area contributed by atoms with Gasteiger partial charge in [-0.15, -0.1) is 0 Å². The Hall–Kier alpha value is -5.08. The first kappa shape index (κ1) is 28.4. The van der Waals surface area contributed by atoms with Crippen LogP contribution in [0, 0.1) is 17.7 Å². The number of aryl methyl sites for hydroxylation is 2. The molecular weight excluding hydrogens is 555 g/mol. The van der Waals surface area contributed by atoms with Gasteiger partial charge in [0.15, 0.2) is 9.84 Å². The molecule has 212 valence electrons. The number of halogens is 1. The fraction of sp³-hybridized carbons (Fsp3) is 0.161. The van der Waals surface area contributed by atoms with Crippen LogP contribution < -0.4 is 5.32 Å². The minimum atomic E-state index is -3.96. The number of aromatic amines is 1. The van der Waals surface area contributed by atoms with Crippen molar-refractivity contribution >= 4 is 15.7 Å². The highest BCUT2D eigenvalue weighted by Gasteiger charge is 2.24. The Morgan fingerprint density at radius 3 is 2.67 bits per heavy atom. The van der Waals surface area contributed by atoms with E-state index in [0.717, 1.165) is 17.5 Å². The number of rotatable bonds is 9. The third-order valence-corrected chi connectivity index (χ3v) is 8.13. The standard InChI is InChI=1S/C31H27FN6O3S/c1-38-20-28(26-5-3-14-33-19-26)29(37-38)21-42(40,41)30-13-10-25(31(39)34-15-2-4-23-17-35-36-18-23)16-24(30)9-6-22-7-11-27(32)12-8-22/h3,5,7-8,10-14,16-20H,2,4,15,21H2,1H3,(H,34,39)(H,35,36). The fourth-order valence-electron chi connectivity index (χ4n) is 4.39. The van der Waals surface area contributed by atoms with E-state index in [2.05, 4.69) is 37.4 Å². The molecule has 0 spiro atoms. The summed E-state index contributed by atoms with van der Waals surface area (Å²) in [4.78, 5) is 17.0. The molecule has 5 rings (SSSR count). The lowest BCUT2D eigenvalue weighted by molar-refractivity contribution is 0.0953. The lowest BCUT2D eigenvalue weighted by Crippen LogP contribution is -2.25. The summed E-state index contributed by atoms with van der Waals surface area (Å²) in [7, 11) is -2.24. The molecule has 3 aromatic heterocycles. The normalized spacial score (nSPS) is 11.1. The summed E-state index contributed by atoms with van der Waals surface area (Å²) < 4.78 is 42.5. The highest BCUT2D eigenvalue weighted by atomic mass is 32.2. The molecule has 0 saturated carbocycles. The van der Waals surface area contributed by atoms with Gasteiger partial charge < -0.3 is 5.32 Å². The second-order valence-electron chi connectivity index (χ2n) is 9.60. The molecule has 1 amide bonds. The minimum absolute atomic E-state index is 0.0311. The number of pyridine rings is 1. The SMILES string of the molecule is Cn1cc(-c2cccnc2)c(CS(=O)(=O)c2ccc(C(=O)NCCCc3cn[nH]c3)cc2C#Cc2ccc(F)cc2)n1. The molecule has 9 nitrogen and oxygen atoms in total. The Kier molecular flexibility index (Phi) is 8.55. The summed E-state index contributed by atoms with van der Waals surface area (Å²) in [6.07, 6.45) is 10.0. The number of benzene rings is 2. The van der Waals surface area contributed by atoms with E-state index in [4.69, 9.17) is 0 Å². The van der Waals surface area contributed by atoms with Gasteiger partial charge >= 0.3 is 0 Å². The number of hydrogen-bond acceptors (Lipinski definition) is 6. The van der Waals surface area contributed by atoms with Crippen molar-refractivity contribution in [1.82, 2.24) is 30.3 Å². The topological polar surface area (TPSA) is 123 Å². The third kappa shape index (κ3) is 6.97. The molecule has 0 fully saturated rings. The van der Waals surface area contributed by atoms with Gasteiger partial charge in [-0.1, -0.05) is 17.9 Å². The molecule has 0 aliphatic rings. The van der Waals surface area contributed by atoms with Gasteiger partial charge in [0.25, 0.3) is 5.91 Å². The number of carbonyl (C=O) groups is 1. The Morgan fingerprint density at radius 1 is 1.10 bits per heavy atom. The molecular formula is C31H27FN6O3S. The predicted octanol–water partition coefficient (Wildman–Crippen LogP) is 4.08. The van der Waals surface area contributed by atoms with E-state index in [1.807, 2.05) is 6.07 Å². The second kappa shape index (κ2) is 12.6. The quantitative estimate of drug-likeness (QED) is 0.200. The molecule has 0 radical (unpaired) electrons. The molecule has 2 N–H and O–H groups in total. The number of hydrogen-bond donors (Lipinski definition) is 2. The van der Waals surface area contributed by atoms with Crippen molar-refractivity contribution in [1.29, 1.82) is 0 Å². The molecule has 3 heterocycles. The molecule has 11 heteroatoms. The van der Waals surface area contributed by atoms with E-state index < -0.39 is 15.7 Å². The van der Waals surface area contributed by atoms with Gasteiger partial charge in [-0.2, -0.15) is 10.2 Å². The van der Waals surface area contributed by atoms with Crippen molar-refractivity contribution in [2.45, 2.75) is 23.5 Å². The van der Waals surface area contributed by atoms with Gasteiger partial charge in [-0.3, -0.25) is 19.6 Å². The van der Waals surface area contributed by atoms with Crippen LogP contribution in [0.15, 0.2) is 90.5 Å². The molecule has 2 aromatic carbocycles. The monoisotopic (exact) mass is 582 g/mol. The number of nitrogens with one attached hydrogen (secondary N) is 2. The van der Waals surface area contributed by atoms with Crippen LogP contribution in [0.1, 0.15) is 39.2 Å².